The Bertz CT molecular complexity index is 1420. The van der Waals surface area contributed by atoms with Crippen molar-refractivity contribution in [1.29, 1.82) is 0 Å². The van der Waals surface area contributed by atoms with E-state index in [0.29, 0.717) is 59.0 Å². The van der Waals surface area contributed by atoms with Crippen LogP contribution in [0.25, 0.3) is 15.7 Å². The normalized spacial score (nSPS) is 13.7. The lowest BCUT2D eigenvalue weighted by Crippen LogP contribution is -2.50. The lowest BCUT2D eigenvalue weighted by molar-refractivity contribution is 0.0527. The maximum atomic E-state index is 12.8. The SMILES string of the molecule is CCOC(=O)c1ccccc1NC(=O)N1CCN(c2cc(=O)n3nc(-c4ccco4)sc3n2)CC1. The molecule has 0 unspecified atom stereocenters. The second-order valence-corrected chi connectivity index (χ2v) is 8.66. The topological polar surface area (TPSA) is 122 Å². The van der Waals surface area contributed by atoms with Crippen LogP contribution >= 0.6 is 11.3 Å². The van der Waals surface area contributed by atoms with Crippen LogP contribution in [0.2, 0.25) is 0 Å². The minimum Gasteiger partial charge on any atom is -0.462 e. The first-order chi connectivity index (χ1) is 17.0. The zero-order valence-corrected chi connectivity index (χ0v) is 19.7. The van der Waals surface area contributed by atoms with Crippen molar-refractivity contribution >= 4 is 39.8 Å². The van der Waals surface area contributed by atoms with Gasteiger partial charge in [-0.25, -0.2) is 14.6 Å². The maximum Gasteiger partial charge on any atom is 0.340 e. The fraction of sp³-hybridized carbons (Fsp3) is 0.261. The number of nitrogens with one attached hydrogen (secondary N) is 1. The first-order valence-electron chi connectivity index (χ1n) is 11.1. The van der Waals surface area contributed by atoms with Crippen molar-refractivity contribution in [3.63, 3.8) is 0 Å². The molecule has 0 atom stereocenters. The van der Waals surface area contributed by atoms with Gasteiger partial charge in [-0.05, 0) is 31.2 Å². The van der Waals surface area contributed by atoms with Crippen molar-refractivity contribution in [2.24, 2.45) is 0 Å². The number of fused-ring (bicyclic) bond motifs is 1. The molecule has 11 nitrogen and oxygen atoms in total. The van der Waals surface area contributed by atoms with Gasteiger partial charge in [-0.2, -0.15) is 4.52 Å². The lowest BCUT2D eigenvalue weighted by atomic mass is 10.2. The van der Waals surface area contributed by atoms with Crippen molar-refractivity contribution < 1.29 is 18.7 Å². The second kappa shape index (κ2) is 9.58. The van der Waals surface area contributed by atoms with Crippen molar-refractivity contribution in [3.8, 4) is 10.8 Å². The Hall–Kier alpha value is -4.19. The van der Waals surface area contributed by atoms with Gasteiger partial charge in [-0.3, -0.25) is 4.79 Å². The number of amides is 2. The molecule has 5 rings (SSSR count). The van der Waals surface area contributed by atoms with E-state index in [2.05, 4.69) is 15.4 Å². The van der Waals surface area contributed by atoms with Crippen LogP contribution in [0.5, 0.6) is 0 Å². The summed E-state index contributed by atoms with van der Waals surface area (Å²) < 4.78 is 11.7. The highest BCUT2D eigenvalue weighted by Crippen LogP contribution is 2.25. The monoisotopic (exact) mass is 494 g/mol. The summed E-state index contributed by atoms with van der Waals surface area (Å²) in [6.07, 6.45) is 1.55. The number of ether oxygens (including phenoxy) is 1. The highest BCUT2D eigenvalue weighted by molar-refractivity contribution is 7.19. The van der Waals surface area contributed by atoms with Gasteiger partial charge in [0.15, 0.2) is 10.8 Å². The van der Waals surface area contributed by atoms with Gasteiger partial charge in [-0.15, -0.1) is 5.10 Å². The van der Waals surface area contributed by atoms with Crippen LogP contribution in [0.4, 0.5) is 16.3 Å². The van der Waals surface area contributed by atoms with Crippen molar-refractivity contribution in [2.45, 2.75) is 6.92 Å². The Morgan fingerprint density at radius 2 is 1.94 bits per heavy atom. The smallest absolute Gasteiger partial charge is 0.340 e. The number of hydrogen-bond acceptors (Lipinski definition) is 9. The van der Waals surface area contributed by atoms with Gasteiger partial charge in [0.05, 0.1) is 24.1 Å². The molecule has 1 aromatic carbocycles. The third-order valence-electron chi connectivity index (χ3n) is 5.52. The van der Waals surface area contributed by atoms with E-state index in [9.17, 15) is 14.4 Å². The molecule has 1 saturated heterocycles. The summed E-state index contributed by atoms with van der Waals surface area (Å²) in [5.74, 6) is 0.627. The molecule has 3 aromatic heterocycles. The third kappa shape index (κ3) is 4.60. The molecule has 0 aliphatic carbocycles. The third-order valence-corrected chi connectivity index (χ3v) is 6.44. The molecule has 4 heterocycles. The number of hydrogen-bond donors (Lipinski definition) is 1. The minimum atomic E-state index is -0.487. The van der Waals surface area contributed by atoms with Gasteiger partial charge in [0.1, 0.15) is 5.82 Å². The number of anilines is 2. The molecule has 4 aromatic rings. The van der Waals surface area contributed by atoms with E-state index in [0.717, 1.165) is 0 Å². The molecule has 1 fully saturated rings. The number of piperazine rings is 1. The number of carbonyl (C=O) groups excluding carboxylic acids is 2. The number of furan rings is 1. The molecule has 0 saturated carbocycles. The Morgan fingerprint density at radius 3 is 2.69 bits per heavy atom. The van der Waals surface area contributed by atoms with Crippen LogP contribution < -0.4 is 15.8 Å². The molecule has 1 aliphatic rings. The predicted octanol–water partition coefficient (Wildman–Crippen LogP) is 2.94. The molecule has 1 N–H and O–H groups in total. The first kappa shape index (κ1) is 22.6. The minimum absolute atomic E-state index is 0.248. The van der Waals surface area contributed by atoms with E-state index in [1.54, 1.807) is 54.5 Å². The van der Waals surface area contributed by atoms with E-state index in [4.69, 9.17) is 9.15 Å². The van der Waals surface area contributed by atoms with Gasteiger partial charge >= 0.3 is 12.0 Å². The Balaban J connectivity index is 1.26. The number of carbonyl (C=O) groups is 2. The Morgan fingerprint density at radius 1 is 1.14 bits per heavy atom. The van der Waals surface area contributed by atoms with Crippen molar-refractivity contribution in [1.82, 2.24) is 19.5 Å². The van der Waals surface area contributed by atoms with Gasteiger partial charge in [-0.1, -0.05) is 23.5 Å². The second-order valence-electron chi connectivity index (χ2n) is 7.70. The molecule has 12 heteroatoms. The average Bonchev–Trinajstić information content (AvgIpc) is 3.55. The summed E-state index contributed by atoms with van der Waals surface area (Å²) in [5, 5.41) is 7.68. The van der Waals surface area contributed by atoms with Gasteiger partial charge < -0.3 is 24.3 Å². The summed E-state index contributed by atoms with van der Waals surface area (Å²) in [6, 6.07) is 11.4. The summed E-state index contributed by atoms with van der Waals surface area (Å²) in [5.41, 5.74) is 0.420. The number of esters is 1. The van der Waals surface area contributed by atoms with Crippen molar-refractivity contribution in [2.75, 3.05) is 43.0 Å². The summed E-state index contributed by atoms with van der Waals surface area (Å²) >= 11 is 1.27. The maximum absolute atomic E-state index is 12.8. The van der Waals surface area contributed by atoms with Crippen LogP contribution in [-0.2, 0) is 4.74 Å². The lowest BCUT2D eigenvalue weighted by Gasteiger charge is -2.35. The molecular weight excluding hydrogens is 472 g/mol. The summed E-state index contributed by atoms with van der Waals surface area (Å²) in [6.45, 7) is 3.83. The van der Waals surface area contributed by atoms with Gasteiger partial charge in [0.2, 0.25) is 4.96 Å². The molecule has 0 spiro atoms. The first-order valence-corrected chi connectivity index (χ1v) is 11.9. The van der Waals surface area contributed by atoms with Crippen LogP contribution in [0.15, 0.2) is 57.9 Å². The van der Waals surface area contributed by atoms with E-state index in [1.807, 2.05) is 4.90 Å². The van der Waals surface area contributed by atoms with Gasteiger partial charge in [0, 0.05) is 32.2 Å². The fourth-order valence-corrected chi connectivity index (χ4v) is 4.64. The number of nitrogens with zero attached hydrogens (tertiary/aromatic N) is 5. The molecule has 0 bridgehead atoms. The number of aromatic nitrogens is 3. The van der Waals surface area contributed by atoms with E-state index < -0.39 is 5.97 Å². The molecule has 35 heavy (non-hydrogen) atoms. The Kier molecular flexibility index (Phi) is 6.19. The van der Waals surface area contributed by atoms with E-state index in [-0.39, 0.29) is 18.2 Å². The van der Waals surface area contributed by atoms with E-state index in [1.165, 1.54) is 21.9 Å². The van der Waals surface area contributed by atoms with Crippen molar-refractivity contribution in [3.05, 3.63) is 64.6 Å². The standard InChI is InChI=1S/C23H22N6O5S/c1-2-33-21(31)15-6-3-4-7-16(15)24-22(32)28-11-9-27(10-12-28)18-14-19(30)29-23(25-18)35-20(26-29)17-8-5-13-34-17/h3-8,13-14H,2,9-12H2,1H3,(H,24,32). The zero-order valence-electron chi connectivity index (χ0n) is 18.8. The van der Waals surface area contributed by atoms with Crippen LogP contribution in [-0.4, -0.2) is 64.3 Å². The molecule has 0 radical (unpaired) electrons. The summed E-state index contributed by atoms with van der Waals surface area (Å²) in [7, 11) is 0. The molecule has 2 amide bonds. The van der Waals surface area contributed by atoms with Crippen LogP contribution in [0, 0.1) is 0 Å². The van der Waals surface area contributed by atoms with Crippen LogP contribution in [0.3, 0.4) is 0 Å². The molecular formula is C23H22N6O5S. The fourth-order valence-electron chi connectivity index (χ4n) is 3.77. The predicted molar refractivity (Wildman–Crippen MR) is 130 cm³/mol. The van der Waals surface area contributed by atoms with Crippen LogP contribution in [0.1, 0.15) is 17.3 Å². The Labute approximate surface area is 203 Å². The van der Waals surface area contributed by atoms with Gasteiger partial charge in [0.25, 0.3) is 5.56 Å². The number of rotatable bonds is 5. The quantitative estimate of drug-likeness (QED) is 0.420. The zero-order chi connectivity index (χ0) is 24.4. The molecule has 1 aliphatic heterocycles. The average molecular weight is 495 g/mol. The largest absolute Gasteiger partial charge is 0.462 e. The summed E-state index contributed by atoms with van der Waals surface area (Å²) in [4.78, 5) is 46.4. The molecule has 180 valence electrons. The highest BCUT2D eigenvalue weighted by Gasteiger charge is 2.24. The number of benzene rings is 1. The number of urea groups is 1. The highest BCUT2D eigenvalue weighted by atomic mass is 32.1. The van der Waals surface area contributed by atoms with E-state index >= 15 is 0 Å². The number of para-hydroxylation sites is 1.